The molecule has 1 aliphatic rings. The van der Waals surface area contributed by atoms with Crippen LogP contribution in [0.4, 0.5) is 13.2 Å². The summed E-state index contributed by atoms with van der Waals surface area (Å²) in [5.74, 6) is 2.05. The molecule has 1 aliphatic heterocycles. The van der Waals surface area contributed by atoms with Gasteiger partial charge >= 0.3 is 6.18 Å². The minimum atomic E-state index is -4.16. The van der Waals surface area contributed by atoms with Crippen molar-refractivity contribution in [3.05, 3.63) is 23.8 Å². The van der Waals surface area contributed by atoms with Crippen LogP contribution in [0.25, 0.3) is 0 Å². The Morgan fingerprint density at radius 2 is 1.90 bits per heavy atom. The summed E-state index contributed by atoms with van der Waals surface area (Å²) in [5.41, 5.74) is 1.09. The van der Waals surface area contributed by atoms with E-state index in [1.165, 1.54) is 4.90 Å². The van der Waals surface area contributed by atoms with Crippen molar-refractivity contribution >= 4 is 29.9 Å². The van der Waals surface area contributed by atoms with Gasteiger partial charge in [-0.25, -0.2) is 0 Å². The summed E-state index contributed by atoms with van der Waals surface area (Å²) in [6.45, 7) is 5.56. The average molecular weight is 544 g/mol. The summed E-state index contributed by atoms with van der Waals surface area (Å²) in [6.07, 6.45) is -2.75. The Morgan fingerprint density at radius 3 is 2.53 bits per heavy atom. The molecule has 0 amide bonds. The first kappa shape index (κ1) is 26.6. The fraction of sp³-hybridized carbons (Fsp3) is 0.650. The van der Waals surface area contributed by atoms with Crippen LogP contribution in [0.5, 0.6) is 11.5 Å². The van der Waals surface area contributed by atoms with Crippen LogP contribution in [-0.4, -0.2) is 69.5 Å². The average Bonchev–Trinajstić information content (AvgIpc) is 3.08. The second kappa shape index (κ2) is 13.1. The summed E-state index contributed by atoms with van der Waals surface area (Å²) in [5, 5.41) is 6.44. The van der Waals surface area contributed by atoms with Crippen molar-refractivity contribution in [1.82, 2.24) is 15.5 Å². The quantitative estimate of drug-likeness (QED) is 0.284. The van der Waals surface area contributed by atoms with Crippen molar-refractivity contribution in [2.45, 2.75) is 38.9 Å². The number of guanidine groups is 1. The lowest BCUT2D eigenvalue weighted by Crippen LogP contribution is -2.45. The van der Waals surface area contributed by atoms with Crippen LogP contribution in [0.3, 0.4) is 0 Å². The van der Waals surface area contributed by atoms with Gasteiger partial charge in [0, 0.05) is 32.7 Å². The monoisotopic (exact) mass is 544 g/mol. The maximum Gasteiger partial charge on any atom is 0.401 e. The lowest BCUT2D eigenvalue weighted by molar-refractivity contribution is -0.143. The van der Waals surface area contributed by atoms with Crippen molar-refractivity contribution in [2.24, 2.45) is 4.99 Å². The molecule has 1 unspecified atom stereocenters. The number of hydrogen-bond acceptors (Lipinski definition) is 4. The first-order chi connectivity index (χ1) is 13.8. The first-order valence-electron chi connectivity index (χ1n) is 9.99. The number of nitrogens with zero attached hydrogens (tertiary/aromatic N) is 2. The maximum atomic E-state index is 12.5. The van der Waals surface area contributed by atoms with Gasteiger partial charge in [0.2, 0.25) is 0 Å². The van der Waals surface area contributed by atoms with Gasteiger partial charge in [0.05, 0.1) is 19.8 Å². The predicted octanol–water partition coefficient (Wildman–Crippen LogP) is 3.45. The number of nitrogens with one attached hydrogen (secondary N) is 2. The number of alkyl halides is 3. The zero-order chi connectivity index (χ0) is 21.3. The molecule has 2 N–H and O–H groups in total. The van der Waals surface area contributed by atoms with Gasteiger partial charge in [-0.3, -0.25) is 9.89 Å². The van der Waals surface area contributed by atoms with Crippen LogP contribution in [0.1, 0.15) is 25.8 Å². The smallest absolute Gasteiger partial charge is 0.401 e. The van der Waals surface area contributed by atoms with Gasteiger partial charge in [-0.15, -0.1) is 24.0 Å². The third kappa shape index (κ3) is 9.15. The third-order valence-electron chi connectivity index (χ3n) is 4.55. The Kier molecular flexibility index (Phi) is 11.6. The Balaban J connectivity index is 0.00000450. The molecule has 6 nitrogen and oxygen atoms in total. The Labute approximate surface area is 193 Å². The Morgan fingerprint density at radius 1 is 1.20 bits per heavy atom. The summed E-state index contributed by atoms with van der Waals surface area (Å²) >= 11 is 0. The highest BCUT2D eigenvalue weighted by molar-refractivity contribution is 14.0. The minimum absolute atomic E-state index is 0. The molecule has 0 radical (unpaired) electrons. The molecule has 0 saturated carbocycles. The molecule has 10 heteroatoms. The molecule has 0 bridgehead atoms. The van der Waals surface area contributed by atoms with Gasteiger partial charge in [-0.05, 0) is 44.4 Å². The Hall–Kier alpha value is -1.43. The van der Waals surface area contributed by atoms with Crippen LogP contribution in [0.15, 0.2) is 23.2 Å². The van der Waals surface area contributed by atoms with Crippen molar-refractivity contribution < 1.29 is 22.6 Å². The summed E-state index contributed by atoms with van der Waals surface area (Å²) < 4.78 is 48.8. The molecule has 2 rings (SSSR count). The number of aliphatic imine (C=N–C) groups is 1. The number of halogens is 4. The van der Waals surface area contributed by atoms with E-state index in [1.807, 2.05) is 32.0 Å². The zero-order valence-electron chi connectivity index (χ0n) is 17.7. The molecule has 30 heavy (non-hydrogen) atoms. The lowest BCUT2D eigenvalue weighted by Gasteiger charge is -2.20. The fourth-order valence-electron chi connectivity index (χ4n) is 3.31. The van der Waals surface area contributed by atoms with Gasteiger partial charge in [0.25, 0.3) is 0 Å². The normalized spacial score (nSPS) is 17.4. The van der Waals surface area contributed by atoms with Crippen molar-refractivity contribution in [1.29, 1.82) is 0 Å². The summed E-state index contributed by atoms with van der Waals surface area (Å²) in [4.78, 5) is 5.59. The molecule has 0 aromatic heterocycles. The van der Waals surface area contributed by atoms with E-state index in [2.05, 4.69) is 15.6 Å². The van der Waals surface area contributed by atoms with Crippen molar-refractivity contribution in [3.8, 4) is 11.5 Å². The van der Waals surface area contributed by atoms with E-state index in [1.54, 1.807) is 7.05 Å². The van der Waals surface area contributed by atoms with Gasteiger partial charge in [-0.2, -0.15) is 13.2 Å². The van der Waals surface area contributed by atoms with E-state index in [-0.39, 0.29) is 30.0 Å². The van der Waals surface area contributed by atoms with E-state index < -0.39 is 12.7 Å². The highest BCUT2D eigenvalue weighted by atomic mass is 127. The molecule has 1 aromatic rings. The number of rotatable bonds is 9. The highest BCUT2D eigenvalue weighted by Crippen LogP contribution is 2.28. The summed E-state index contributed by atoms with van der Waals surface area (Å²) in [6, 6.07) is 5.83. The number of likely N-dealkylation sites (tertiary alicyclic amines) is 1. The third-order valence-corrected chi connectivity index (χ3v) is 4.55. The van der Waals surface area contributed by atoms with Crippen molar-refractivity contribution in [2.75, 3.05) is 46.4 Å². The van der Waals surface area contributed by atoms with Crippen LogP contribution in [-0.2, 0) is 6.42 Å². The van der Waals surface area contributed by atoms with E-state index in [0.717, 1.165) is 23.5 Å². The minimum Gasteiger partial charge on any atom is -0.490 e. The highest BCUT2D eigenvalue weighted by Gasteiger charge is 2.34. The molecule has 0 aliphatic carbocycles. The second-order valence-electron chi connectivity index (χ2n) is 6.88. The van der Waals surface area contributed by atoms with Gasteiger partial charge in [0.1, 0.15) is 0 Å². The predicted molar refractivity (Wildman–Crippen MR) is 123 cm³/mol. The molecule has 1 aromatic carbocycles. The topological polar surface area (TPSA) is 58.1 Å². The molecule has 1 heterocycles. The zero-order valence-corrected chi connectivity index (χ0v) is 20.0. The van der Waals surface area contributed by atoms with Gasteiger partial charge in [0.15, 0.2) is 17.5 Å². The van der Waals surface area contributed by atoms with Gasteiger partial charge in [-0.1, -0.05) is 6.07 Å². The summed E-state index contributed by atoms with van der Waals surface area (Å²) in [7, 11) is 1.65. The molecule has 172 valence electrons. The van der Waals surface area contributed by atoms with Crippen LogP contribution in [0, 0.1) is 0 Å². The van der Waals surface area contributed by atoms with E-state index in [0.29, 0.717) is 45.2 Å². The molecule has 1 fully saturated rings. The fourth-order valence-corrected chi connectivity index (χ4v) is 3.31. The lowest BCUT2D eigenvalue weighted by atomic mass is 10.1. The molecule has 0 spiro atoms. The van der Waals surface area contributed by atoms with Crippen LogP contribution >= 0.6 is 24.0 Å². The standard InChI is InChI=1S/C20H31F3N4O2.HI/c1-4-28-17-7-6-15(12-18(17)29-5-2)8-10-25-19(24-3)26-16-9-11-27(13-16)14-20(21,22)23;/h6-7,12,16H,4-5,8-11,13-14H2,1-3H3,(H2,24,25,26);1H. The van der Waals surface area contributed by atoms with E-state index >= 15 is 0 Å². The number of ether oxygens (including phenoxy) is 2. The first-order valence-corrected chi connectivity index (χ1v) is 9.99. The van der Waals surface area contributed by atoms with E-state index in [4.69, 9.17) is 9.47 Å². The number of hydrogen-bond donors (Lipinski definition) is 2. The largest absolute Gasteiger partial charge is 0.490 e. The van der Waals surface area contributed by atoms with E-state index in [9.17, 15) is 13.2 Å². The Bertz CT molecular complexity index is 674. The SMILES string of the molecule is CCOc1ccc(CCNC(=NC)NC2CCN(CC(F)(F)F)C2)cc1OCC.I. The van der Waals surface area contributed by atoms with Crippen molar-refractivity contribution in [3.63, 3.8) is 0 Å². The van der Waals surface area contributed by atoms with Crippen LogP contribution < -0.4 is 20.1 Å². The maximum absolute atomic E-state index is 12.5. The molecular formula is C20H32F3IN4O2. The second-order valence-corrected chi connectivity index (χ2v) is 6.88. The molecule has 1 atom stereocenters. The van der Waals surface area contributed by atoms with Gasteiger partial charge < -0.3 is 20.1 Å². The molecular weight excluding hydrogens is 512 g/mol. The van der Waals surface area contributed by atoms with Crippen LogP contribution in [0.2, 0.25) is 0 Å². The number of benzene rings is 1. The molecule has 1 saturated heterocycles.